The molecule has 2 aromatic heterocycles. The largest absolute Gasteiger partial charge is 0.508 e. The first-order valence-electron chi connectivity index (χ1n) is 9.28. The number of nitrogen functional groups attached to an aromatic ring is 1. The summed E-state index contributed by atoms with van der Waals surface area (Å²) in [6, 6.07) is 11.1. The van der Waals surface area contributed by atoms with Crippen molar-refractivity contribution in [2.45, 2.75) is 31.3 Å². The van der Waals surface area contributed by atoms with E-state index in [0.717, 1.165) is 5.56 Å². The standard InChI is InChI=1S/C21H19ClN4O4/c1-2-21(13-29-20(27)28-12-14-6-4-3-5-7-14)10-8-16(30-21)26-11-9-15-17(23)24-19(22)25-18(15)26/h1,3-7,9,11,16H,8,10,12-13H2,(H2,23,24,25)/t16?,21-/m0/s1. The summed E-state index contributed by atoms with van der Waals surface area (Å²) in [6.45, 7) is -0.00580. The van der Waals surface area contributed by atoms with Crippen molar-refractivity contribution in [2.75, 3.05) is 12.3 Å². The van der Waals surface area contributed by atoms with E-state index >= 15 is 0 Å². The van der Waals surface area contributed by atoms with Gasteiger partial charge in [0.25, 0.3) is 0 Å². The van der Waals surface area contributed by atoms with Crippen LogP contribution in [0.25, 0.3) is 11.0 Å². The average molecular weight is 427 g/mol. The normalized spacial score (nSPS) is 20.7. The molecule has 1 unspecified atom stereocenters. The van der Waals surface area contributed by atoms with Gasteiger partial charge in [-0.05, 0) is 36.1 Å². The lowest BCUT2D eigenvalue weighted by Crippen LogP contribution is -2.34. The smallest absolute Gasteiger partial charge is 0.430 e. The maximum Gasteiger partial charge on any atom is 0.508 e. The molecule has 1 aromatic carbocycles. The number of hydrogen-bond donors (Lipinski definition) is 1. The number of hydrogen-bond acceptors (Lipinski definition) is 7. The zero-order chi connectivity index (χ0) is 21.1. The van der Waals surface area contributed by atoms with Crippen LogP contribution < -0.4 is 5.73 Å². The molecular weight excluding hydrogens is 408 g/mol. The molecule has 0 saturated carbocycles. The first-order valence-corrected chi connectivity index (χ1v) is 9.66. The summed E-state index contributed by atoms with van der Waals surface area (Å²) in [4.78, 5) is 20.2. The van der Waals surface area contributed by atoms with Gasteiger partial charge in [-0.15, -0.1) is 6.42 Å². The van der Waals surface area contributed by atoms with Crippen LogP contribution in [0.2, 0.25) is 5.28 Å². The number of anilines is 1. The Morgan fingerprint density at radius 1 is 1.33 bits per heavy atom. The number of terminal acetylenes is 1. The number of aromatic nitrogens is 3. The Kier molecular flexibility index (Phi) is 5.48. The van der Waals surface area contributed by atoms with Gasteiger partial charge < -0.3 is 24.5 Å². The summed E-state index contributed by atoms with van der Waals surface area (Å²) in [6.07, 6.45) is 7.38. The highest BCUT2D eigenvalue weighted by Gasteiger charge is 2.41. The van der Waals surface area contributed by atoms with E-state index in [1.165, 1.54) is 0 Å². The van der Waals surface area contributed by atoms with Crippen molar-refractivity contribution in [1.82, 2.24) is 14.5 Å². The first-order chi connectivity index (χ1) is 14.5. The summed E-state index contributed by atoms with van der Waals surface area (Å²) >= 11 is 5.94. The van der Waals surface area contributed by atoms with Crippen molar-refractivity contribution in [3.05, 3.63) is 53.4 Å². The van der Waals surface area contributed by atoms with E-state index < -0.39 is 18.0 Å². The number of ether oxygens (including phenoxy) is 3. The molecule has 1 aliphatic heterocycles. The third kappa shape index (κ3) is 4.03. The molecule has 0 bridgehead atoms. The fourth-order valence-corrected chi connectivity index (χ4v) is 3.55. The molecule has 3 heterocycles. The number of carbonyl (C=O) groups excluding carboxylic acids is 1. The topological polar surface area (TPSA) is 101 Å². The third-order valence-electron chi connectivity index (χ3n) is 4.93. The van der Waals surface area contributed by atoms with Crippen LogP contribution in [0.4, 0.5) is 10.6 Å². The molecule has 0 amide bonds. The summed E-state index contributed by atoms with van der Waals surface area (Å²) < 4.78 is 18.2. The van der Waals surface area contributed by atoms with Gasteiger partial charge in [-0.2, -0.15) is 4.98 Å². The van der Waals surface area contributed by atoms with Crippen LogP contribution in [0.5, 0.6) is 0 Å². The highest BCUT2D eigenvalue weighted by Crippen LogP contribution is 2.38. The van der Waals surface area contributed by atoms with Gasteiger partial charge in [0.05, 0.1) is 5.39 Å². The molecule has 9 heteroatoms. The molecule has 1 aliphatic rings. The lowest BCUT2D eigenvalue weighted by Gasteiger charge is -2.23. The lowest BCUT2D eigenvalue weighted by molar-refractivity contribution is -0.0736. The third-order valence-corrected chi connectivity index (χ3v) is 5.10. The van der Waals surface area contributed by atoms with Gasteiger partial charge in [0.15, 0.2) is 5.60 Å². The maximum absolute atomic E-state index is 12.0. The van der Waals surface area contributed by atoms with Gasteiger partial charge in [0, 0.05) is 6.20 Å². The molecule has 0 radical (unpaired) electrons. The molecule has 2 N–H and O–H groups in total. The molecular formula is C21H19ClN4O4. The second-order valence-corrected chi connectivity index (χ2v) is 7.24. The Morgan fingerprint density at radius 2 is 2.13 bits per heavy atom. The number of nitrogens with zero attached hydrogens (tertiary/aromatic N) is 3. The van der Waals surface area contributed by atoms with Crippen LogP contribution in [0.15, 0.2) is 42.6 Å². The van der Waals surface area contributed by atoms with Crippen molar-refractivity contribution >= 4 is 34.6 Å². The molecule has 1 saturated heterocycles. The fraction of sp³-hybridized carbons (Fsp3) is 0.286. The van der Waals surface area contributed by atoms with E-state index in [9.17, 15) is 4.79 Å². The quantitative estimate of drug-likeness (QED) is 0.377. The SMILES string of the molecule is C#C[C@@]1(COC(=O)OCc2ccccc2)CCC(n2ccc3c(N)nc(Cl)nc32)O1. The molecule has 3 aromatic rings. The highest BCUT2D eigenvalue weighted by molar-refractivity contribution is 6.28. The zero-order valence-electron chi connectivity index (χ0n) is 16.0. The molecule has 30 heavy (non-hydrogen) atoms. The number of carbonyl (C=O) groups is 1. The van der Waals surface area contributed by atoms with Crippen molar-refractivity contribution in [3.63, 3.8) is 0 Å². The Hall–Kier alpha value is -3.28. The number of rotatable bonds is 5. The van der Waals surface area contributed by atoms with Crippen molar-refractivity contribution in [2.24, 2.45) is 0 Å². The Balaban J connectivity index is 1.40. The van der Waals surface area contributed by atoms with Crippen LogP contribution in [-0.2, 0) is 20.8 Å². The van der Waals surface area contributed by atoms with Gasteiger partial charge in [-0.1, -0.05) is 36.3 Å². The molecule has 4 rings (SSSR count). The molecule has 0 aliphatic carbocycles. The van der Waals surface area contributed by atoms with E-state index in [1.807, 2.05) is 30.3 Å². The van der Waals surface area contributed by atoms with E-state index in [2.05, 4.69) is 15.9 Å². The summed E-state index contributed by atoms with van der Waals surface area (Å²) in [5.41, 5.74) is 6.25. The summed E-state index contributed by atoms with van der Waals surface area (Å²) in [5, 5.41) is 0.715. The summed E-state index contributed by atoms with van der Waals surface area (Å²) in [5.74, 6) is 2.90. The first kappa shape index (κ1) is 20.0. The van der Waals surface area contributed by atoms with E-state index in [1.54, 1.807) is 16.8 Å². The number of benzene rings is 1. The van der Waals surface area contributed by atoms with Crippen LogP contribution in [-0.4, -0.2) is 32.9 Å². The van der Waals surface area contributed by atoms with Gasteiger partial charge in [0.1, 0.15) is 30.9 Å². The molecule has 1 fully saturated rings. The summed E-state index contributed by atoms with van der Waals surface area (Å²) in [7, 11) is 0. The fourth-order valence-electron chi connectivity index (χ4n) is 3.38. The second-order valence-electron chi connectivity index (χ2n) is 6.90. The minimum absolute atomic E-state index is 0.0469. The number of halogens is 1. The van der Waals surface area contributed by atoms with Crippen LogP contribution in [0, 0.1) is 12.3 Å². The van der Waals surface area contributed by atoms with Crippen molar-refractivity contribution < 1.29 is 19.0 Å². The van der Waals surface area contributed by atoms with Crippen molar-refractivity contribution in [1.29, 1.82) is 0 Å². The average Bonchev–Trinajstić information content (AvgIpc) is 3.36. The minimum atomic E-state index is -1.06. The predicted octanol–water partition coefficient (Wildman–Crippen LogP) is 3.70. The van der Waals surface area contributed by atoms with Gasteiger partial charge in [0.2, 0.25) is 5.28 Å². The van der Waals surface area contributed by atoms with Crippen LogP contribution in [0.1, 0.15) is 24.6 Å². The van der Waals surface area contributed by atoms with Crippen LogP contribution >= 0.6 is 11.6 Å². The molecule has 0 spiro atoms. The monoisotopic (exact) mass is 426 g/mol. The van der Waals surface area contributed by atoms with Crippen LogP contribution in [0.3, 0.4) is 0 Å². The maximum atomic E-state index is 12.0. The van der Waals surface area contributed by atoms with E-state index in [4.69, 9.17) is 38.0 Å². The Bertz CT molecular complexity index is 1110. The van der Waals surface area contributed by atoms with Crippen molar-refractivity contribution in [3.8, 4) is 12.3 Å². The van der Waals surface area contributed by atoms with Gasteiger partial charge in [-0.25, -0.2) is 9.78 Å². The van der Waals surface area contributed by atoms with E-state index in [0.29, 0.717) is 23.9 Å². The second kappa shape index (κ2) is 8.22. The lowest BCUT2D eigenvalue weighted by atomic mass is 10.0. The zero-order valence-corrected chi connectivity index (χ0v) is 16.7. The van der Waals surface area contributed by atoms with Gasteiger partial charge in [-0.3, -0.25) is 0 Å². The Labute approximate surface area is 177 Å². The number of fused-ring (bicyclic) bond motifs is 1. The molecule has 2 atom stereocenters. The van der Waals surface area contributed by atoms with Gasteiger partial charge >= 0.3 is 6.16 Å². The number of nitrogens with two attached hydrogens (primary N) is 1. The van der Waals surface area contributed by atoms with E-state index in [-0.39, 0.29) is 24.3 Å². The minimum Gasteiger partial charge on any atom is -0.430 e. The Morgan fingerprint density at radius 3 is 2.90 bits per heavy atom. The highest BCUT2D eigenvalue weighted by atomic mass is 35.5. The molecule has 8 nitrogen and oxygen atoms in total. The predicted molar refractivity (Wildman–Crippen MR) is 110 cm³/mol. The molecule has 154 valence electrons.